The fourth-order valence-electron chi connectivity index (χ4n) is 5.63. The molecule has 2 saturated heterocycles. The van der Waals surface area contributed by atoms with Crippen LogP contribution in [0.3, 0.4) is 0 Å². The fraction of sp³-hybridized carbons (Fsp3) is 0.576. The van der Waals surface area contributed by atoms with E-state index in [9.17, 15) is 18.9 Å². The lowest BCUT2D eigenvalue weighted by molar-refractivity contribution is -0.134. The number of unbranched alkanes of at least 4 members (excludes halogenated alkanes) is 1. The van der Waals surface area contributed by atoms with Crippen LogP contribution in [0.1, 0.15) is 50.5 Å². The first-order valence-electron chi connectivity index (χ1n) is 16.4. The van der Waals surface area contributed by atoms with Crippen LogP contribution in [-0.2, 0) is 27.9 Å². The number of benzene rings is 1. The van der Waals surface area contributed by atoms with Gasteiger partial charge in [-0.1, -0.05) is 43.7 Å². The topological polar surface area (TPSA) is 140 Å². The number of hydrogen-bond acceptors (Lipinski definition) is 10. The third-order valence-electron chi connectivity index (χ3n) is 8.19. The number of ether oxygens (including phenoxy) is 2. The number of nitrogens with zero attached hydrogens (tertiary/aromatic N) is 4. The number of carbonyl (C=O) groups excluding carboxylic acids is 3. The Morgan fingerprint density at radius 3 is 2.28 bits per heavy atom. The molecule has 3 heterocycles. The summed E-state index contributed by atoms with van der Waals surface area (Å²) in [5.41, 5.74) is 2.36. The summed E-state index contributed by atoms with van der Waals surface area (Å²) in [6.07, 6.45) is 1.85. The maximum atomic E-state index is 14.0. The average Bonchev–Trinajstić information content (AvgIpc) is 3.58. The predicted molar refractivity (Wildman–Crippen MR) is 179 cm³/mol. The molecular weight excluding hydrogens is 625 g/mol. The van der Waals surface area contributed by atoms with E-state index in [0.29, 0.717) is 18.8 Å². The van der Waals surface area contributed by atoms with Gasteiger partial charge in [0, 0.05) is 57.6 Å². The summed E-state index contributed by atoms with van der Waals surface area (Å²) in [6, 6.07) is 12.0. The molecule has 0 spiro atoms. The average molecular weight is 674 g/mol. The Balaban J connectivity index is 1.58. The van der Waals surface area contributed by atoms with Gasteiger partial charge in [-0.05, 0) is 38.8 Å². The summed E-state index contributed by atoms with van der Waals surface area (Å²) in [5, 5.41) is 2.81. The molecule has 13 nitrogen and oxygen atoms in total. The Bertz CT molecular complexity index is 1380. The molecule has 2 aliphatic heterocycles. The van der Waals surface area contributed by atoms with E-state index in [1.807, 2.05) is 43.3 Å². The number of rotatable bonds is 15. The Kier molecular flexibility index (Phi) is 13.6. The summed E-state index contributed by atoms with van der Waals surface area (Å²) in [5.74, 6) is -1.04. The molecule has 0 bridgehead atoms. The lowest BCUT2D eigenvalue weighted by Gasteiger charge is -2.36. The van der Waals surface area contributed by atoms with Crippen molar-refractivity contribution in [1.82, 2.24) is 20.1 Å². The third-order valence-corrected chi connectivity index (χ3v) is 10.3. The molecule has 2 fully saturated rings. The van der Waals surface area contributed by atoms with Crippen molar-refractivity contribution in [2.45, 2.75) is 52.2 Å². The second kappa shape index (κ2) is 17.6. The molecule has 2 atom stereocenters. The van der Waals surface area contributed by atoms with Crippen LogP contribution in [-0.4, -0.2) is 117 Å². The zero-order valence-electron chi connectivity index (χ0n) is 27.9. The van der Waals surface area contributed by atoms with Gasteiger partial charge in [0.2, 0.25) is 5.91 Å². The van der Waals surface area contributed by atoms with Crippen molar-refractivity contribution in [3.05, 3.63) is 48.2 Å². The van der Waals surface area contributed by atoms with E-state index in [0.717, 1.165) is 37.1 Å². The summed E-state index contributed by atoms with van der Waals surface area (Å²) >= 11 is 0. The highest BCUT2D eigenvalue weighted by atomic mass is 31.2. The van der Waals surface area contributed by atoms with Crippen LogP contribution in [0.2, 0.25) is 0 Å². The van der Waals surface area contributed by atoms with Gasteiger partial charge in [0.25, 0.3) is 5.91 Å². The van der Waals surface area contributed by atoms with Crippen LogP contribution in [0.25, 0.3) is 11.3 Å². The first-order chi connectivity index (χ1) is 22.7. The number of aromatic nitrogens is 1. The number of nitrogens with one attached hydrogen (secondary N) is 1. The Morgan fingerprint density at radius 1 is 0.979 bits per heavy atom. The molecule has 1 aromatic heterocycles. The number of hydrogen-bond donors (Lipinski definition) is 1. The zero-order valence-corrected chi connectivity index (χ0v) is 28.8. The van der Waals surface area contributed by atoms with Crippen LogP contribution in [0.4, 0.5) is 10.5 Å². The largest absolute Gasteiger partial charge is 0.449 e. The second-order valence-electron chi connectivity index (χ2n) is 11.5. The molecule has 4 rings (SSSR count). The summed E-state index contributed by atoms with van der Waals surface area (Å²) in [4.78, 5) is 50.3. The summed E-state index contributed by atoms with van der Waals surface area (Å²) < 4.78 is 35.6. The van der Waals surface area contributed by atoms with Gasteiger partial charge in [-0.15, -0.1) is 0 Å². The van der Waals surface area contributed by atoms with Gasteiger partial charge in [0.05, 0.1) is 37.8 Å². The van der Waals surface area contributed by atoms with Crippen molar-refractivity contribution >= 4 is 31.2 Å². The van der Waals surface area contributed by atoms with E-state index in [1.165, 1.54) is 0 Å². The molecule has 14 heteroatoms. The van der Waals surface area contributed by atoms with Crippen LogP contribution in [0.5, 0.6) is 0 Å². The summed E-state index contributed by atoms with van der Waals surface area (Å²) in [6.45, 7) is 8.36. The number of methoxy groups -OCH3 is 1. The minimum absolute atomic E-state index is 0.0764. The molecule has 1 N–H and O–H groups in total. The van der Waals surface area contributed by atoms with Gasteiger partial charge in [-0.3, -0.25) is 14.2 Å². The van der Waals surface area contributed by atoms with E-state index in [-0.39, 0.29) is 57.4 Å². The number of amides is 3. The Hall–Kier alpha value is -3.51. The Morgan fingerprint density at radius 2 is 1.66 bits per heavy atom. The van der Waals surface area contributed by atoms with E-state index < -0.39 is 31.5 Å². The highest BCUT2D eigenvalue weighted by molar-refractivity contribution is 7.54. The molecule has 1 aromatic carbocycles. The van der Waals surface area contributed by atoms with E-state index in [2.05, 4.69) is 15.2 Å². The van der Waals surface area contributed by atoms with Crippen LogP contribution >= 0.6 is 7.60 Å². The molecule has 47 heavy (non-hydrogen) atoms. The molecule has 2 aromatic rings. The summed E-state index contributed by atoms with van der Waals surface area (Å²) in [7, 11) is -2.07. The van der Waals surface area contributed by atoms with Crippen LogP contribution in [0, 0.1) is 0 Å². The van der Waals surface area contributed by atoms with Gasteiger partial charge in [-0.25, -0.2) is 9.78 Å². The predicted octanol–water partition coefficient (Wildman–Crippen LogP) is 4.42. The van der Waals surface area contributed by atoms with Crippen molar-refractivity contribution in [1.29, 1.82) is 0 Å². The van der Waals surface area contributed by atoms with Gasteiger partial charge >= 0.3 is 13.7 Å². The number of anilines is 1. The van der Waals surface area contributed by atoms with E-state index in [1.54, 1.807) is 36.8 Å². The van der Waals surface area contributed by atoms with Gasteiger partial charge in [0.1, 0.15) is 11.7 Å². The fourth-order valence-corrected chi connectivity index (χ4v) is 7.40. The monoisotopic (exact) mass is 673 g/mol. The van der Waals surface area contributed by atoms with Gasteiger partial charge in [-0.2, -0.15) is 0 Å². The molecule has 0 radical (unpaired) electrons. The van der Waals surface area contributed by atoms with Crippen molar-refractivity contribution in [3.63, 3.8) is 0 Å². The maximum Gasteiger partial charge on any atom is 0.409 e. The lowest BCUT2D eigenvalue weighted by atomic mass is 10.1. The Labute approximate surface area is 277 Å². The quantitative estimate of drug-likeness (QED) is 0.214. The lowest BCUT2D eigenvalue weighted by Crippen LogP contribution is -2.57. The van der Waals surface area contributed by atoms with E-state index >= 15 is 0 Å². The molecule has 3 amide bonds. The molecule has 2 aliphatic rings. The standard InChI is InChI=1S/C33H48N5O8P/c1-5-8-20-44-33(41)37-18-16-36(17-19-37)32(40)30(24-47(42,45-6-2)46-7-3)35-31(39)29-22-26(38-15-14-27(23-38)43-4)21-28(34-29)25-12-10-9-11-13-25/h9-13,21-22,27,30H,5-8,14-20,23-24H2,1-4H3,(H,35,39)/t27-,30-/m0/s1. The number of carbonyl (C=O) groups is 3. The normalized spacial score (nSPS) is 17.4. The molecule has 258 valence electrons. The number of pyridine rings is 1. The second-order valence-corrected chi connectivity index (χ2v) is 13.6. The van der Waals surface area contributed by atoms with E-state index in [4.69, 9.17) is 18.5 Å². The van der Waals surface area contributed by atoms with Crippen molar-refractivity contribution in [3.8, 4) is 11.3 Å². The third kappa shape index (κ3) is 9.99. The zero-order chi connectivity index (χ0) is 33.8. The maximum absolute atomic E-state index is 14.0. The smallest absolute Gasteiger partial charge is 0.409 e. The minimum Gasteiger partial charge on any atom is -0.449 e. The van der Waals surface area contributed by atoms with Crippen LogP contribution < -0.4 is 10.2 Å². The first kappa shape index (κ1) is 36.3. The van der Waals surface area contributed by atoms with Crippen molar-refractivity contribution in [2.75, 3.05) is 77.3 Å². The van der Waals surface area contributed by atoms with Crippen molar-refractivity contribution < 1.29 is 37.5 Å². The van der Waals surface area contributed by atoms with Gasteiger partial charge in [0.15, 0.2) is 0 Å². The minimum atomic E-state index is -3.76. The molecular formula is C33H48N5O8P. The molecule has 0 unspecified atom stereocenters. The highest BCUT2D eigenvalue weighted by Crippen LogP contribution is 2.48. The van der Waals surface area contributed by atoms with Crippen molar-refractivity contribution in [2.24, 2.45) is 0 Å². The highest BCUT2D eigenvalue weighted by Gasteiger charge is 2.37. The molecule has 0 saturated carbocycles. The molecule has 0 aliphatic carbocycles. The van der Waals surface area contributed by atoms with Gasteiger partial charge < -0.3 is 38.5 Å². The van der Waals surface area contributed by atoms with Crippen LogP contribution in [0.15, 0.2) is 42.5 Å². The number of piperazine rings is 1. The SMILES string of the molecule is CCCCOC(=O)N1CCN(C(=O)[C@H](CP(=O)(OCC)OCC)NC(=O)c2cc(N3CC[C@H](OC)C3)cc(-c3ccccc3)n2)CC1. The first-order valence-corrected chi connectivity index (χ1v) is 18.2.